The van der Waals surface area contributed by atoms with Crippen molar-refractivity contribution in [3.05, 3.63) is 0 Å². The number of piperidine rings is 1. The van der Waals surface area contributed by atoms with E-state index in [1.165, 1.54) is 77.3 Å². The Bertz CT molecular complexity index is 547. The number of ether oxygens (including phenoxy) is 1. The van der Waals surface area contributed by atoms with E-state index in [0.717, 1.165) is 25.2 Å². The second kappa shape index (κ2) is 7.55. The number of aliphatic imine (C=N–C) groups is 1. The second-order valence-corrected chi connectivity index (χ2v) is 9.67. The molecule has 3 saturated carbocycles. The van der Waals surface area contributed by atoms with Crippen LogP contribution in [0.2, 0.25) is 0 Å². The van der Waals surface area contributed by atoms with Crippen molar-refractivity contribution in [2.45, 2.75) is 95.4 Å². The summed E-state index contributed by atoms with van der Waals surface area (Å²) in [5.74, 6) is 1.77. The molecule has 5 fully saturated rings. The van der Waals surface area contributed by atoms with Crippen molar-refractivity contribution >= 4 is 5.96 Å². The highest BCUT2D eigenvalue weighted by Gasteiger charge is 2.66. The maximum absolute atomic E-state index is 6.09. The molecule has 5 aliphatic rings. The highest BCUT2D eigenvalue weighted by Crippen LogP contribution is 2.62. The molecule has 27 heavy (non-hydrogen) atoms. The third-order valence-electron chi connectivity index (χ3n) is 8.36. The van der Waals surface area contributed by atoms with Crippen molar-refractivity contribution in [3.63, 3.8) is 0 Å². The first kappa shape index (κ1) is 18.2. The maximum atomic E-state index is 6.09. The van der Waals surface area contributed by atoms with Crippen LogP contribution < -0.4 is 10.6 Å². The van der Waals surface area contributed by atoms with Gasteiger partial charge in [-0.2, -0.15) is 0 Å². The standard InChI is InChI=1S/C22H38N4O/c1-2-23-21(24-16-8-13-26(14-9-16)17-6-3-4-7-17)25-19-18-10-15-27-20(18)22(19)11-5-12-22/h16-20H,2-15H2,1H3,(H2,23,24,25). The van der Waals surface area contributed by atoms with Gasteiger partial charge in [0.1, 0.15) is 0 Å². The first-order valence-corrected chi connectivity index (χ1v) is 11.7. The quantitative estimate of drug-likeness (QED) is 0.587. The minimum atomic E-state index is 0.420. The van der Waals surface area contributed by atoms with Crippen LogP contribution >= 0.6 is 0 Å². The summed E-state index contributed by atoms with van der Waals surface area (Å²) in [6.45, 7) is 6.47. The second-order valence-electron chi connectivity index (χ2n) is 9.67. The molecule has 2 N–H and O–H groups in total. The van der Waals surface area contributed by atoms with Crippen LogP contribution in [-0.2, 0) is 4.74 Å². The van der Waals surface area contributed by atoms with E-state index in [-0.39, 0.29) is 0 Å². The lowest BCUT2D eigenvalue weighted by atomic mass is 9.46. The Balaban J connectivity index is 1.17. The molecule has 3 atom stereocenters. The topological polar surface area (TPSA) is 48.9 Å². The van der Waals surface area contributed by atoms with Gasteiger partial charge in [0.05, 0.1) is 6.10 Å². The lowest BCUT2D eigenvalue weighted by molar-refractivity contribution is -0.171. The van der Waals surface area contributed by atoms with Gasteiger partial charge in [-0.1, -0.05) is 19.3 Å². The first-order chi connectivity index (χ1) is 13.3. The van der Waals surface area contributed by atoms with Crippen LogP contribution in [0.5, 0.6) is 0 Å². The Kier molecular flexibility index (Phi) is 5.10. The van der Waals surface area contributed by atoms with E-state index in [1.807, 2.05) is 0 Å². The molecule has 5 heteroatoms. The zero-order chi connectivity index (χ0) is 18.3. The van der Waals surface area contributed by atoms with E-state index < -0.39 is 0 Å². The summed E-state index contributed by atoms with van der Waals surface area (Å²) in [5, 5.41) is 7.68. The van der Waals surface area contributed by atoms with Crippen LogP contribution in [0.25, 0.3) is 0 Å². The van der Waals surface area contributed by atoms with Gasteiger partial charge in [0.25, 0.3) is 0 Å². The molecule has 2 saturated heterocycles. The number of rotatable bonds is 4. The Morgan fingerprint density at radius 3 is 2.48 bits per heavy atom. The van der Waals surface area contributed by atoms with Crippen molar-refractivity contribution in [1.29, 1.82) is 0 Å². The van der Waals surface area contributed by atoms with Gasteiger partial charge in [-0.25, -0.2) is 0 Å². The number of nitrogens with one attached hydrogen (secondary N) is 2. The number of fused-ring (bicyclic) bond motifs is 2. The van der Waals surface area contributed by atoms with Crippen LogP contribution in [0, 0.1) is 11.3 Å². The van der Waals surface area contributed by atoms with Crippen molar-refractivity contribution in [3.8, 4) is 0 Å². The van der Waals surface area contributed by atoms with E-state index in [0.29, 0.717) is 29.5 Å². The molecule has 3 aliphatic carbocycles. The summed E-state index contributed by atoms with van der Waals surface area (Å²) in [6, 6.07) is 2.03. The Morgan fingerprint density at radius 2 is 1.81 bits per heavy atom. The van der Waals surface area contributed by atoms with Crippen LogP contribution in [0.15, 0.2) is 4.99 Å². The van der Waals surface area contributed by atoms with E-state index >= 15 is 0 Å². The van der Waals surface area contributed by atoms with Gasteiger partial charge in [-0.05, 0) is 51.9 Å². The number of guanidine groups is 1. The van der Waals surface area contributed by atoms with E-state index in [9.17, 15) is 0 Å². The first-order valence-electron chi connectivity index (χ1n) is 11.7. The number of likely N-dealkylation sites (tertiary alicyclic amines) is 1. The van der Waals surface area contributed by atoms with Crippen molar-refractivity contribution in [2.75, 3.05) is 26.2 Å². The molecule has 152 valence electrons. The summed E-state index contributed by atoms with van der Waals surface area (Å²) in [5.41, 5.74) is 0.420. The Morgan fingerprint density at radius 1 is 1.04 bits per heavy atom. The molecule has 0 bridgehead atoms. The summed E-state index contributed by atoms with van der Waals surface area (Å²) >= 11 is 0. The maximum Gasteiger partial charge on any atom is 0.191 e. The SMILES string of the molecule is CCN=C(NC1CCN(C2CCCC2)CC1)NC1C2CCOC2C12CCC2. The fourth-order valence-corrected chi connectivity index (χ4v) is 6.77. The zero-order valence-electron chi connectivity index (χ0n) is 17.1. The molecule has 3 unspecified atom stereocenters. The average molecular weight is 375 g/mol. The van der Waals surface area contributed by atoms with Gasteiger partial charge >= 0.3 is 0 Å². The molecule has 0 radical (unpaired) electrons. The normalized spacial score (nSPS) is 37.1. The highest BCUT2D eigenvalue weighted by atomic mass is 16.5. The van der Waals surface area contributed by atoms with Gasteiger partial charge < -0.3 is 20.3 Å². The monoisotopic (exact) mass is 374 g/mol. The molecule has 5 rings (SSSR count). The smallest absolute Gasteiger partial charge is 0.191 e. The van der Waals surface area contributed by atoms with Gasteiger partial charge in [-0.15, -0.1) is 0 Å². The van der Waals surface area contributed by atoms with Crippen LogP contribution in [0.1, 0.15) is 71.1 Å². The number of nitrogens with zero attached hydrogens (tertiary/aromatic N) is 2. The number of hydrogen-bond donors (Lipinski definition) is 2. The molecular formula is C22H38N4O. The van der Waals surface area contributed by atoms with Gasteiger partial charge in [0.2, 0.25) is 0 Å². The minimum Gasteiger partial charge on any atom is -0.377 e. The summed E-state index contributed by atoms with van der Waals surface area (Å²) in [7, 11) is 0. The molecule has 2 heterocycles. The van der Waals surface area contributed by atoms with Crippen LogP contribution in [-0.4, -0.2) is 61.3 Å². The summed E-state index contributed by atoms with van der Waals surface area (Å²) < 4.78 is 6.09. The van der Waals surface area contributed by atoms with E-state index in [4.69, 9.17) is 9.73 Å². The molecule has 1 spiro atoms. The minimum absolute atomic E-state index is 0.420. The van der Waals surface area contributed by atoms with Crippen molar-refractivity contribution in [2.24, 2.45) is 16.3 Å². The lowest BCUT2D eigenvalue weighted by Gasteiger charge is -2.63. The molecule has 5 nitrogen and oxygen atoms in total. The molecule has 2 aliphatic heterocycles. The molecule has 0 aromatic rings. The average Bonchev–Trinajstić information content (AvgIpc) is 3.30. The van der Waals surface area contributed by atoms with Gasteiger partial charge in [-0.3, -0.25) is 4.99 Å². The molecule has 0 aromatic carbocycles. The van der Waals surface area contributed by atoms with Gasteiger partial charge in [0, 0.05) is 55.7 Å². The highest BCUT2D eigenvalue weighted by molar-refractivity contribution is 5.80. The van der Waals surface area contributed by atoms with Gasteiger partial charge in [0.15, 0.2) is 5.96 Å². The largest absolute Gasteiger partial charge is 0.377 e. The zero-order valence-corrected chi connectivity index (χ0v) is 17.1. The summed E-state index contributed by atoms with van der Waals surface area (Å²) in [4.78, 5) is 7.57. The Labute approximate surface area is 164 Å². The predicted molar refractivity (Wildman–Crippen MR) is 109 cm³/mol. The predicted octanol–water partition coefficient (Wildman–Crippen LogP) is 2.91. The van der Waals surface area contributed by atoms with Crippen LogP contribution in [0.4, 0.5) is 0 Å². The Hall–Kier alpha value is -0.810. The van der Waals surface area contributed by atoms with Crippen molar-refractivity contribution in [1.82, 2.24) is 15.5 Å². The van der Waals surface area contributed by atoms with Crippen molar-refractivity contribution < 1.29 is 4.74 Å². The molecular weight excluding hydrogens is 336 g/mol. The third kappa shape index (κ3) is 3.19. The molecule has 0 aromatic heterocycles. The number of hydrogen-bond acceptors (Lipinski definition) is 3. The fourth-order valence-electron chi connectivity index (χ4n) is 6.77. The van der Waals surface area contributed by atoms with E-state index in [2.05, 4.69) is 22.5 Å². The molecule has 0 amide bonds. The fraction of sp³-hybridized carbons (Fsp3) is 0.955. The summed E-state index contributed by atoms with van der Waals surface area (Å²) in [6.07, 6.45) is 14.0. The third-order valence-corrected chi connectivity index (χ3v) is 8.36. The van der Waals surface area contributed by atoms with E-state index in [1.54, 1.807) is 0 Å². The lowest BCUT2D eigenvalue weighted by Crippen LogP contribution is -2.72. The van der Waals surface area contributed by atoms with Crippen LogP contribution in [0.3, 0.4) is 0 Å².